The first-order valence-corrected chi connectivity index (χ1v) is 9.28. The van der Waals surface area contributed by atoms with E-state index in [-0.39, 0.29) is 18.3 Å². The predicted octanol–water partition coefficient (Wildman–Crippen LogP) is 4.25. The van der Waals surface area contributed by atoms with Gasteiger partial charge in [0.2, 0.25) is 5.91 Å². The molecule has 0 saturated heterocycles. The molecule has 2 atom stereocenters. The highest BCUT2D eigenvalue weighted by Gasteiger charge is 2.30. The Morgan fingerprint density at radius 2 is 1.32 bits per heavy atom. The number of hydrogen-bond acceptors (Lipinski definition) is 2. The van der Waals surface area contributed by atoms with Gasteiger partial charge in [-0.15, -0.1) is 12.4 Å². The monoisotopic (exact) mass is 394 g/mol. The maximum atomic E-state index is 12.9. The number of nitrogens with one attached hydrogen (secondary N) is 1. The lowest BCUT2D eigenvalue weighted by Crippen LogP contribution is -2.52. The summed E-state index contributed by atoms with van der Waals surface area (Å²) in [6, 6.07) is 29.5. The number of amides is 1. The van der Waals surface area contributed by atoms with Crippen LogP contribution in [0.15, 0.2) is 91.0 Å². The molecule has 0 saturated carbocycles. The van der Waals surface area contributed by atoms with Crippen molar-refractivity contribution < 1.29 is 4.79 Å². The summed E-state index contributed by atoms with van der Waals surface area (Å²) >= 11 is 0. The Hall–Kier alpha value is -2.62. The summed E-state index contributed by atoms with van der Waals surface area (Å²) in [7, 11) is 0. The smallest absolute Gasteiger partial charge is 0.237 e. The quantitative estimate of drug-likeness (QED) is 0.629. The topological polar surface area (TPSA) is 55.1 Å². The van der Waals surface area contributed by atoms with Gasteiger partial charge in [-0.25, -0.2) is 0 Å². The van der Waals surface area contributed by atoms with Crippen LogP contribution >= 0.6 is 12.4 Å². The second kappa shape index (κ2) is 10.1. The van der Waals surface area contributed by atoms with Crippen molar-refractivity contribution in [3.8, 4) is 0 Å². The third-order valence-electron chi connectivity index (χ3n) is 4.85. The predicted molar refractivity (Wildman–Crippen MR) is 117 cm³/mol. The minimum Gasteiger partial charge on any atom is -0.345 e. The lowest BCUT2D eigenvalue weighted by Gasteiger charge is -2.33. The zero-order chi connectivity index (χ0) is 19.1. The van der Waals surface area contributed by atoms with Crippen LogP contribution in [0, 0.1) is 0 Å². The largest absolute Gasteiger partial charge is 0.345 e. The van der Waals surface area contributed by atoms with E-state index < -0.39 is 11.6 Å². The maximum absolute atomic E-state index is 12.9. The van der Waals surface area contributed by atoms with Gasteiger partial charge in [-0.1, -0.05) is 91.0 Å². The molecule has 3 aromatic rings. The van der Waals surface area contributed by atoms with Crippen LogP contribution in [0.25, 0.3) is 0 Å². The van der Waals surface area contributed by atoms with Crippen LogP contribution in [0.4, 0.5) is 0 Å². The van der Waals surface area contributed by atoms with Crippen molar-refractivity contribution in [3.63, 3.8) is 0 Å². The number of halogens is 1. The number of carbonyl (C=O) groups is 1. The summed E-state index contributed by atoms with van der Waals surface area (Å²) < 4.78 is 0. The molecule has 0 heterocycles. The minimum absolute atomic E-state index is 0. The summed E-state index contributed by atoms with van der Waals surface area (Å²) in [6.45, 7) is 2.06. The summed E-state index contributed by atoms with van der Waals surface area (Å²) in [6.07, 6.45) is 1.21. The van der Waals surface area contributed by atoms with Gasteiger partial charge in [0.05, 0.1) is 11.6 Å². The first-order valence-electron chi connectivity index (χ1n) is 9.28. The van der Waals surface area contributed by atoms with Crippen molar-refractivity contribution >= 4 is 18.3 Å². The van der Waals surface area contributed by atoms with Gasteiger partial charge in [-0.2, -0.15) is 0 Å². The molecule has 3 nitrogen and oxygen atoms in total. The van der Waals surface area contributed by atoms with Gasteiger partial charge in [-0.05, 0) is 36.5 Å². The van der Waals surface area contributed by atoms with Crippen LogP contribution in [0.1, 0.15) is 23.6 Å². The molecule has 0 aliphatic carbocycles. The number of carbonyl (C=O) groups excluding carboxylic acids is 1. The van der Waals surface area contributed by atoms with Gasteiger partial charge >= 0.3 is 0 Å². The maximum Gasteiger partial charge on any atom is 0.237 e. The van der Waals surface area contributed by atoms with E-state index in [0.29, 0.717) is 12.8 Å². The molecule has 4 heteroatoms. The molecule has 0 radical (unpaired) electrons. The van der Waals surface area contributed by atoms with Crippen molar-refractivity contribution in [3.05, 3.63) is 108 Å². The molecule has 1 amide bonds. The minimum atomic E-state index is -0.591. The number of benzene rings is 3. The fraction of sp³-hybridized carbons (Fsp3) is 0.208. The number of nitrogens with two attached hydrogens (primary N) is 1. The summed E-state index contributed by atoms with van der Waals surface area (Å²) in [4.78, 5) is 12.9. The molecule has 0 aromatic heterocycles. The first kappa shape index (κ1) is 21.7. The summed E-state index contributed by atoms with van der Waals surface area (Å²) in [5, 5.41) is 3.21. The Labute approximate surface area is 173 Å². The molecule has 146 valence electrons. The van der Waals surface area contributed by atoms with E-state index in [2.05, 4.69) is 24.4 Å². The van der Waals surface area contributed by atoms with Gasteiger partial charge in [-0.3, -0.25) is 4.79 Å². The van der Waals surface area contributed by atoms with Crippen LogP contribution < -0.4 is 11.1 Å². The molecule has 28 heavy (non-hydrogen) atoms. The van der Waals surface area contributed by atoms with E-state index >= 15 is 0 Å². The van der Waals surface area contributed by atoms with E-state index in [1.54, 1.807) is 0 Å². The summed E-state index contributed by atoms with van der Waals surface area (Å²) in [5.41, 5.74) is 8.97. The van der Waals surface area contributed by atoms with Crippen molar-refractivity contribution in [2.75, 3.05) is 0 Å². The lowest BCUT2D eigenvalue weighted by molar-refractivity contribution is -0.124. The fourth-order valence-corrected chi connectivity index (χ4v) is 3.35. The molecule has 0 bridgehead atoms. The summed E-state index contributed by atoms with van der Waals surface area (Å²) in [5.74, 6) is -0.138. The zero-order valence-corrected chi connectivity index (χ0v) is 16.9. The van der Waals surface area contributed by atoms with Crippen molar-refractivity contribution in [2.24, 2.45) is 5.73 Å². The standard InChI is InChI=1S/C24H26N2O.ClH/c1-24(21-15-9-4-10-16-21,18-20-13-7-3-8-14-20)26-23(27)22(25)17-19-11-5-2-6-12-19;/h2-16,22H,17-18,25H2,1H3,(H,26,27);1H/t22-,24?;/m0./s1. The van der Waals surface area contributed by atoms with E-state index in [1.165, 1.54) is 5.56 Å². The molecule has 0 aliphatic heterocycles. The van der Waals surface area contributed by atoms with Crippen LogP contribution in [0.3, 0.4) is 0 Å². The molecule has 3 N–H and O–H groups in total. The van der Waals surface area contributed by atoms with Crippen LogP contribution in [-0.4, -0.2) is 11.9 Å². The van der Waals surface area contributed by atoms with Crippen LogP contribution in [0.5, 0.6) is 0 Å². The Bertz CT molecular complexity index is 856. The van der Waals surface area contributed by atoms with Crippen LogP contribution in [0.2, 0.25) is 0 Å². The molecule has 0 aliphatic rings. The Morgan fingerprint density at radius 3 is 1.86 bits per heavy atom. The average Bonchev–Trinajstić information content (AvgIpc) is 2.70. The van der Waals surface area contributed by atoms with E-state index in [9.17, 15) is 4.79 Å². The van der Waals surface area contributed by atoms with Gasteiger partial charge in [0.1, 0.15) is 0 Å². The second-order valence-electron chi connectivity index (χ2n) is 7.15. The highest BCUT2D eigenvalue weighted by molar-refractivity contribution is 5.85. The second-order valence-corrected chi connectivity index (χ2v) is 7.15. The Morgan fingerprint density at radius 1 is 0.857 bits per heavy atom. The molecule has 0 spiro atoms. The van der Waals surface area contributed by atoms with Gasteiger partial charge in [0, 0.05) is 0 Å². The third kappa shape index (κ3) is 5.69. The number of hydrogen-bond donors (Lipinski definition) is 2. The lowest BCUT2D eigenvalue weighted by atomic mass is 9.85. The molecule has 3 aromatic carbocycles. The highest BCUT2D eigenvalue weighted by Crippen LogP contribution is 2.25. The molecule has 1 unspecified atom stereocenters. The average molecular weight is 395 g/mol. The van der Waals surface area contributed by atoms with E-state index in [4.69, 9.17) is 5.73 Å². The normalized spacial score (nSPS) is 13.6. The molecule has 3 rings (SSSR count). The molecular formula is C24H27ClN2O. The molecular weight excluding hydrogens is 368 g/mol. The Balaban J connectivity index is 0.00000280. The fourth-order valence-electron chi connectivity index (χ4n) is 3.35. The van der Waals surface area contributed by atoms with E-state index in [1.807, 2.05) is 78.9 Å². The Kier molecular flexibility index (Phi) is 7.80. The highest BCUT2D eigenvalue weighted by atomic mass is 35.5. The zero-order valence-electron chi connectivity index (χ0n) is 16.0. The van der Waals surface area contributed by atoms with Crippen molar-refractivity contribution in [1.29, 1.82) is 0 Å². The van der Waals surface area contributed by atoms with Crippen molar-refractivity contribution in [2.45, 2.75) is 31.3 Å². The first-order chi connectivity index (χ1) is 13.1. The SMILES string of the molecule is CC(Cc1ccccc1)(NC(=O)[C@@H](N)Cc1ccccc1)c1ccccc1.Cl. The molecule has 0 fully saturated rings. The van der Waals surface area contributed by atoms with Crippen molar-refractivity contribution in [1.82, 2.24) is 5.32 Å². The third-order valence-corrected chi connectivity index (χ3v) is 4.85. The number of rotatable bonds is 7. The van der Waals surface area contributed by atoms with Crippen LogP contribution in [-0.2, 0) is 23.2 Å². The van der Waals surface area contributed by atoms with E-state index in [0.717, 1.165) is 11.1 Å². The van der Waals surface area contributed by atoms with Gasteiger partial charge < -0.3 is 11.1 Å². The van der Waals surface area contributed by atoms with Gasteiger partial charge in [0.15, 0.2) is 0 Å². The van der Waals surface area contributed by atoms with Gasteiger partial charge in [0.25, 0.3) is 0 Å².